The van der Waals surface area contributed by atoms with E-state index < -0.39 is 6.29 Å². The summed E-state index contributed by atoms with van der Waals surface area (Å²) in [5.41, 5.74) is 3.69. The topological polar surface area (TPSA) is 44.8 Å². The number of unbranched alkanes of at least 4 members (excludes halogenated alkanes) is 4. The summed E-state index contributed by atoms with van der Waals surface area (Å²) in [4.78, 5) is 11.9. The molecule has 4 nitrogen and oxygen atoms in total. The van der Waals surface area contributed by atoms with Gasteiger partial charge < -0.3 is 14.2 Å². The van der Waals surface area contributed by atoms with Crippen molar-refractivity contribution in [1.82, 2.24) is 0 Å². The van der Waals surface area contributed by atoms with Crippen LogP contribution in [-0.2, 0) is 24.4 Å². The third-order valence-electron chi connectivity index (χ3n) is 8.70. The van der Waals surface area contributed by atoms with E-state index in [0.717, 1.165) is 24.8 Å². The van der Waals surface area contributed by atoms with E-state index in [2.05, 4.69) is 38.1 Å². The van der Waals surface area contributed by atoms with Crippen LogP contribution in [0, 0.1) is 5.41 Å². The van der Waals surface area contributed by atoms with Gasteiger partial charge in [-0.15, -0.1) is 0 Å². The predicted molar refractivity (Wildman–Crippen MR) is 136 cm³/mol. The molecule has 2 atom stereocenters. The molecule has 0 spiro atoms. The van der Waals surface area contributed by atoms with Gasteiger partial charge in [0.05, 0.1) is 6.61 Å². The average Bonchev–Trinajstić information content (AvgIpc) is 2.88. The third-order valence-corrected chi connectivity index (χ3v) is 8.70. The van der Waals surface area contributed by atoms with Crippen LogP contribution in [0.15, 0.2) is 36.4 Å². The first-order valence-electron chi connectivity index (χ1n) is 13.8. The van der Waals surface area contributed by atoms with Crippen molar-refractivity contribution in [2.45, 2.75) is 115 Å². The molecule has 1 heterocycles. The van der Waals surface area contributed by atoms with E-state index in [-0.39, 0.29) is 18.7 Å². The zero-order chi connectivity index (χ0) is 23.9. The number of hydrogen-bond acceptors (Lipinski definition) is 4. The van der Waals surface area contributed by atoms with Crippen molar-refractivity contribution in [3.63, 3.8) is 0 Å². The van der Waals surface area contributed by atoms with E-state index in [9.17, 15) is 4.79 Å². The van der Waals surface area contributed by atoms with Crippen molar-refractivity contribution in [1.29, 1.82) is 0 Å². The SMILES string of the molecule is CCCCC=CC(=O)O[C@@H]1CO[C@@H](c2ccc(C34CCC(CCCCC)(CC3)CC4)cc2)CO1. The zero-order valence-electron chi connectivity index (χ0n) is 21.4. The van der Waals surface area contributed by atoms with E-state index in [1.54, 1.807) is 0 Å². The Hall–Kier alpha value is -1.65. The Kier molecular flexibility index (Phi) is 8.87. The minimum absolute atomic E-state index is 0.106. The van der Waals surface area contributed by atoms with E-state index in [0.29, 0.717) is 17.4 Å². The van der Waals surface area contributed by atoms with E-state index >= 15 is 0 Å². The second kappa shape index (κ2) is 11.9. The molecule has 2 bridgehead atoms. The minimum Gasteiger partial charge on any atom is -0.430 e. The molecular weight excluding hydrogens is 424 g/mol. The fourth-order valence-corrected chi connectivity index (χ4v) is 6.29. The Morgan fingerprint density at radius 2 is 1.65 bits per heavy atom. The van der Waals surface area contributed by atoms with Crippen molar-refractivity contribution in [3.05, 3.63) is 47.5 Å². The van der Waals surface area contributed by atoms with E-state index in [1.165, 1.54) is 75.8 Å². The summed E-state index contributed by atoms with van der Waals surface area (Å²) in [6.45, 7) is 5.11. The summed E-state index contributed by atoms with van der Waals surface area (Å²) >= 11 is 0. The zero-order valence-corrected chi connectivity index (χ0v) is 21.4. The molecule has 4 heteroatoms. The van der Waals surface area contributed by atoms with E-state index in [4.69, 9.17) is 14.2 Å². The van der Waals surface area contributed by atoms with Crippen LogP contribution in [0.1, 0.15) is 115 Å². The lowest BCUT2D eigenvalue weighted by atomic mass is 9.51. The summed E-state index contributed by atoms with van der Waals surface area (Å²) in [6.07, 6.45) is 19.6. The van der Waals surface area contributed by atoms with E-state index in [1.807, 2.05) is 6.08 Å². The van der Waals surface area contributed by atoms with Crippen LogP contribution in [0.25, 0.3) is 0 Å². The highest BCUT2D eigenvalue weighted by Gasteiger charge is 2.48. The quantitative estimate of drug-likeness (QED) is 0.191. The highest BCUT2D eigenvalue weighted by atomic mass is 16.7. The lowest BCUT2D eigenvalue weighted by molar-refractivity contribution is -0.230. The second-order valence-corrected chi connectivity index (χ2v) is 10.9. The van der Waals surface area contributed by atoms with Gasteiger partial charge in [-0.3, -0.25) is 0 Å². The first-order chi connectivity index (χ1) is 16.6. The number of ether oxygens (including phenoxy) is 3. The van der Waals surface area contributed by atoms with Gasteiger partial charge in [0.1, 0.15) is 12.7 Å². The molecular formula is C30H44O4. The fraction of sp³-hybridized carbons (Fsp3) is 0.700. The Morgan fingerprint density at radius 3 is 2.26 bits per heavy atom. The minimum atomic E-state index is -0.625. The summed E-state index contributed by atoms with van der Waals surface area (Å²) in [5.74, 6) is -0.360. The van der Waals surface area contributed by atoms with Crippen LogP contribution >= 0.6 is 0 Å². The van der Waals surface area contributed by atoms with Crippen LogP contribution in [-0.4, -0.2) is 25.5 Å². The Morgan fingerprint density at radius 1 is 0.941 bits per heavy atom. The second-order valence-electron chi connectivity index (χ2n) is 10.9. The molecule has 3 aliphatic carbocycles. The molecule has 4 fully saturated rings. The lowest BCUT2D eigenvalue weighted by Gasteiger charge is -2.54. The van der Waals surface area contributed by atoms with Gasteiger partial charge in [0.2, 0.25) is 6.29 Å². The van der Waals surface area contributed by atoms with Crippen LogP contribution in [0.2, 0.25) is 0 Å². The van der Waals surface area contributed by atoms with Crippen LogP contribution < -0.4 is 0 Å². The van der Waals surface area contributed by atoms with Crippen molar-refractivity contribution < 1.29 is 19.0 Å². The Balaban J connectivity index is 1.25. The Bertz CT molecular complexity index is 779. The van der Waals surface area contributed by atoms with Gasteiger partial charge in [0.25, 0.3) is 0 Å². The number of benzene rings is 1. The highest BCUT2D eigenvalue weighted by molar-refractivity contribution is 5.81. The molecule has 3 saturated carbocycles. The molecule has 188 valence electrons. The number of hydrogen-bond donors (Lipinski definition) is 0. The van der Waals surface area contributed by atoms with Gasteiger partial charge in [-0.1, -0.05) is 76.3 Å². The number of fused-ring (bicyclic) bond motifs is 3. The normalized spacial score (nSPS) is 31.1. The number of carbonyl (C=O) groups is 1. The molecule has 1 saturated heterocycles. The maximum absolute atomic E-state index is 11.9. The number of carbonyl (C=O) groups excluding carboxylic acids is 1. The predicted octanol–water partition coefficient (Wildman–Crippen LogP) is 7.56. The fourth-order valence-electron chi connectivity index (χ4n) is 6.29. The van der Waals surface area contributed by atoms with Gasteiger partial charge in [-0.25, -0.2) is 4.79 Å². The van der Waals surface area contributed by atoms with Crippen LogP contribution in [0.3, 0.4) is 0 Å². The first-order valence-corrected chi connectivity index (χ1v) is 13.8. The highest BCUT2D eigenvalue weighted by Crippen LogP contribution is 2.59. The monoisotopic (exact) mass is 468 g/mol. The molecule has 1 aromatic carbocycles. The molecule has 0 aromatic heterocycles. The van der Waals surface area contributed by atoms with Gasteiger partial charge in [-0.2, -0.15) is 0 Å². The third kappa shape index (κ3) is 6.12. The van der Waals surface area contributed by atoms with Crippen molar-refractivity contribution in [2.24, 2.45) is 5.41 Å². The molecule has 0 unspecified atom stereocenters. The van der Waals surface area contributed by atoms with Crippen molar-refractivity contribution in [3.8, 4) is 0 Å². The summed E-state index contributed by atoms with van der Waals surface area (Å²) in [5, 5.41) is 0. The van der Waals surface area contributed by atoms with Crippen LogP contribution in [0.4, 0.5) is 0 Å². The molecule has 0 radical (unpaired) electrons. The first kappa shape index (κ1) is 25.4. The summed E-state index contributed by atoms with van der Waals surface area (Å²) in [7, 11) is 0. The van der Waals surface area contributed by atoms with Gasteiger partial charge in [-0.05, 0) is 73.3 Å². The molecule has 0 N–H and O–H groups in total. The molecule has 34 heavy (non-hydrogen) atoms. The molecule has 0 amide bonds. The van der Waals surface area contributed by atoms with Crippen LogP contribution in [0.5, 0.6) is 0 Å². The smallest absolute Gasteiger partial charge is 0.332 e. The van der Waals surface area contributed by atoms with Gasteiger partial charge >= 0.3 is 5.97 Å². The number of rotatable bonds is 11. The maximum Gasteiger partial charge on any atom is 0.332 e. The standard InChI is InChI=1S/C30H44O4/c1-3-5-7-8-10-27(31)34-28-23-32-26(22-33-28)24-11-13-25(14-12-24)30-19-16-29(17-20-30,18-21-30)15-9-6-4-2/h8,10-14,26,28H,3-7,9,15-23H2,1-2H3/t26-,28-,29?,30?/m1/s1. The molecule has 4 aliphatic rings. The lowest BCUT2D eigenvalue weighted by Crippen LogP contribution is -2.44. The van der Waals surface area contributed by atoms with Gasteiger partial charge in [0, 0.05) is 6.08 Å². The molecule has 5 rings (SSSR count). The summed E-state index contributed by atoms with van der Waals surface area (Å²) in [6, 6.07) is 9.11. The van der Waals surface area contributed by atoms with Gasteiger partial charge in [0.15, 0.2) is 0 Å². The van der Waals surface area contributed by atoms with Crippen molar-refractivity contribution in [2.75, 3.05) is 13.2 Å². The molecule has 1 aromatic rings. The average molecular weight is 469 g/mol. The number of esters is 1. The van der Waals surface area contributed by atoms with Crippen molar-refractivity contribution >= 4 is 5.97 Å². The number of allylic oxidation sites excluding steroid dienone is 1. The maximum atomic E-state index is 11.9. The largest absolute Gasteiger partial charge is 0.430 e. The Labute approximate surface area is 206 Å². The molecule has 1 aliphatic heterocycles. The summed E-state index contributed by atoms with van der Waals surface area (Å²) < 4.78 is 17.1.